The van der Waals surface area contributed by atoms with E-state index in [-0.39, 0.29) is 11.4 Å². The van der Waals surface area contributed by atoms with Crippen molar-refractivity contribution < 1.29 is 9.53 Å². The van der Waals surface area contributed by atoms with E-state index in [0.29, 0.717) is 10.6 Å². The Balaban J connectivity index is 2.12. The molecule has 0 N–H and O–H groups in total. The van der Waals surface area contributed by atoms with Crippen molar-refractivity contribution in [3.8, 4) is 0 Å². The molecule has 0 saturated carbocycles. The number of hydrogen-bond acceptors (Lipinski definition) is 3. The summed E-state index contributed by atoms with van der Waals surface area (Å²) in [5, 5.41) is 0.705. The molecule has 0 aliphatic carbocycles. The summed E-state index contributed by atoms with van der Waals surface area (Å²) in [5.74, 6) is -0.219. The fourth-order valence-corrected chi connectivity index (χ4v) is 2.52. The summed E-state index contributed by atoms with van der Waals surface area (Å²) in [4.78, 5) is 12.4. The predicted octanol–water partition coefficient (Wildman–Crippen LogP) is 3.65. The molecule has 0 aromatic heterocycles. The Hall–Kier alpha value is -0.930. The number of carbonyl (C=O) groups is 1. The van der Waals surface area contributed by atoms with Crippen LogP contribution in [0.3, 0.4) is 0 Å². The average Bonchev–Trinajstić information content (AvgIpc) is 2.50. The molecular weight excluding hydrogens is 244 g/mol. The van der Waals surface area contributed by atoms with E-state index in [2.05, 4.69) is 0 Å². The normalized spacial score (nSPS) is 20.2. The lowest BCUT2D eigenvalue weighted by Gasteiger charge is -2.10. The number of thioether (sulfide) groups is 1. The smallest absolute Gasteiger partial charge is 0.335 e. The Kier molecular flexibility index (Phi) is 3.26. The van der Waals surface area contributed by atoms with E-state index in [1.54, 1.807) is 6.92 Å². The van der Waals surface area contributed by atoms with Crippen LogP contribution in [0.5, 0.6) is 0 Å². The van der Waals surface area contributed by atoms with Crippen LogP contribution in [-0.4, -0.2) is 11.4 Å². The lowest BCUT2D eigenvalue weighted by atomic mass is 10.2. The molecule has 0 fully saturated rings. The number of rotatable bonds is 2. The van der Waals surface area contributed by atoms with Gasteiger partial charge >= 0.3 is 5.97 Å². The zero-order valence-corrected chi connectivity index (χ0v) is 10.6. The number of cyclic esters (lactones) is 1. The van der Waals surface area contributed by atoms with Gasteiger partial charge in [-0.2, -0.15) is 0 Å². The minimum absolute atomic E-state index is 0.200. The van der Waals surface area contributed by atoms with Gasteiger partial charge in [0.2, 0.25) is 0 Å². The molecule has 1 aliphatic rings. The molecule has 0 bridgehead atoms. The molecule has 1 atom stereocenters. The average molecular weight is 255 g/mol. The quantitative estimate of drug-likeness (QED) is 0.754. The van der Waals surface area contributed by atoms with Crippen molar-refractivity contribution in [1.82, 2.24) is 0 Å². The van der Waals surface area contributed by atoms with Crippen LogP contribution in [0.15, 0.2) is 40.3 Å². The second-order valence-corrected chi connectivity index (χ2v) is 5.19. The molecular formula is C12H11ClO2S. The first-order valence-corrected chi connectivity index (χ1v) is 6.14. The molecule has 1 heterocycles. The maximum atomic E-state index is 11.3. The highest BCUT2D eigenvalue weighted by Crippen LogP contribution is 2.35. The lowest BCUT2D eigenvalue weighted by Crippen LogP contribution is -2.05. The lowest BCUT2D eigenvalue weighted by molar-refractivity contribution is -0.136. The van der Waals surface area contributed by atoms with Gasteiger partial charge in [0.1, 0.15) is 0 Å². The summed E-state index contributed by atoms with van der Waals surface area (Å²) in [6.45, 7) is 3.72. The number of benzene rings is 1. The Morgan fingerprint density at radius 3 is 2.38 bits per heavy atom. The third-order valence-electron chi connectivity index (χ3n) is 2.52. The number of hydrogen-bond donors (Lipinski definition) is 0. The van der Waals surface area contributed by atoms with Crippen LogP contribution >= 0.6 is 23.4 Å². The zero-order chi connectivity index (χ0) is 11.7. The molecule has 16 heavy (non-hydrogen) atoms. The van der Waals surface area contributed by atoms with Crippen molar-refractivity contribution in [1.29, 1.82) is 0 Å². The zero-order valence-electron chi connectivity index (χ0n) is 8.99. The molecule has 1 aromatic rings. The van der Waals surface area contributed by atoms with E-state index in [1.807, 2.05) is 31.2 Å². The number of halogens is 1. The Labute approximate surface area is 104 Å². The summed E-state index contributed by atoms with van der Waals surface area (Å²) in [7, 11) is 0. The molecule has 2 rings (SSSR count). The van der Waals surface area contributed by atoms with Crippen molar-refractivity contribution in [2.24, 2.45) is 0 Å². The van der Waals surface area contributed by atoms with Gasteiger partial charge in [-0.15, -0.1) is 0 Å². The molecule has 0 radical (unpaired) electrons. The molecule has 4 heteroatoms. The van der Waals surface area contributed by atoms with Crippen molar-refractivity contribution in [3.63, 3.8) is 0 Å². The molecule has 1 aliphatic heterocycles. The van der Waals surface area contributed by atoms with E-state index < -0.39 is 0 Å². The Morgan fingerprint density at radius 1 is 1.25 bits per heavy atom. The highest BCUT2D eigenvalue weighted by atomic mass is 35.5. The summed E-state index contributed by atoms with van der Waals surface area (Å²) in [6.07, 6.45) is 0. The van der Waals surface area contributed by atoms with Crippen molar-refractivity contribution in [2.45, 2.75) is 24.2 Å². The topological polar surface area (TPSA) is 26.3 Å². The summed E-state index contributed by atoms with van der Waals surface area (Å²) < 4.78 is 5.24. The monoisotopic (exact) mass is 254 g/mol. The van der Waals surface area contributed by atoms with Gasteiger partial charge in [-0.25, -0.2) is 4.79 Å². The molecule has 2 nitrogen and oxygen atoms in total. The molecule has 1 aromatic carbocycles. The fourth-order valence-electron chi connectivity index (χ4n) is 1.36. The van der Waals surface area contributed by atoms with E-state index in [4.69, 9.17) is 16.3 Å². The predicted molar refractivity (Wildman–Crippen MR) is 65.6 cm³/mol. The van der Waals surface area contributed by atoms with Crippen LogP contribution in [0, 0.1) is 0 Å². The van der Waals surface area contributed by atoms with Gasteiger partial charge in [0.25, 0.3) is 0 Å². The van der Waals surface area contributed by atoms with Crippen LogP contribution in [0.2, 0.25) is 5.02 Å². The fraction of sp³-hybridized carbons (Fsp3) is 0.250. The van der Waals surface area contributed by atoms with E-state index in [1.165, 1.54) is 11.8 Å². The third-order valence-corrected chi connectivity index (χ3v) is 3.98. The van der Waals surface area contributed by atoms with Gasteiger partial charge in [0.15, 0.2) is 5.44 Å². The van der Waals surface area contributed by atoms with Gasteiger partial charge in [-0.3, -0.25) is 0 Å². The first kappa shape index (κ1) is 11.6. The van der Waals surface area contributed by atoms with Gasteiger partial charge < -0.3 is 4.74 Å². The largest absolute Gasteiger partial charge is 0.443 e. The van der Waals surface area contributed by atoms with Gasteiger partial charge in [-0.05, 0) is 43.7 Å². The maximum absolute atomic E-state index is 11.3. The van der Waals surface area contributed by atoms with Crippen LogP contribution in [0.4, 0.5) is 0 Å². The van der Waals surface area contributed by atoms with Crippen LogP contribution in [0.1, 0.15) is 13.8 Å². The van der Waals surface area contributed by atoms with Crippen LogP contribution in [0.25, 0.3) is 0 Å². The SMILES string of the molecule is CC1=C(C)C(Sc2ccc(Cl)cc2)OC1=O. The van der Waals surface area contributed by atoms with Crippen LogP contribution < -0.4 is 0 Å². The van der Waals surface area contributed by atoms with E-state index >= 15 is 0 Å². The van der Waals surface area contributed by atoms with Gasteiger partial charge in [-0.1, -0.05) is 23.4 Å². The number of carbonyl (C=O) groups excluding carboxylic acids is 1. The third kappa shape index (κ3) is 2.25. The second kappa shape index (κ2) is 4.52. The molecule has 0 spiro atoms. The number of ether oxygens (including phenoxy) is 1. The minimum Gasteiger partial charge on any atom is -0.443 e. The van der Waals surface area contributed by atoms with Gasteiger partial charge in [0.05, 0.1) is 0 Å². The highest BCUT2D eigenvalue weighted by molar-refractivity contribution is 8.00. The Bertz CT molecular complexity index is 451. The minimum atomic E-state index is -0.219. The van der Waals surface area contributed by atoms with Crippen molar-refractivity contribution in [2.75, 3.05) is 0 Å². The summed E-state index contributed by atoms with van der Waals surface area (Å²) in [6, 6.07) is 7.49. The second-order valence-electron chi connectivity index (χ2n) is 3.62. The van der Waals surface area contributed by atoms with Gasteiger partial charge in [0, 0.05) is 15.5 Å². The summed E-state index contributed by atoms with van der Waals surface area (Å²) >= 11 is 7.32. The Morgan fingerprint density at radius 2 is 1.88 bits per heavy atom. The van der Waals surface area contributed by atoms with E-state index in [0.717, 1.165) is 10.5 Å². The molecule has 1 unspecified atom stereocenters. The van der Waals surface area contributed by atoms with E-state index in [9.17, 15) is 4.79 Å². The molecule has 84 valence electrons. The summed E-state index contributed by atoms with van der Waals surface area (Å²) in [5.41, 5.74) is 1.50. The first-order valence-electron chi connectivity index (χ1n) is 4.88. The van der Waals surface area contributed by atoms with Crippen LogP contribution in [-0.2, 0) is 9.53 Å². The molecule has 0 amide bonds. The molecule has 0 saturated heterocycles. The van der Waals surface area contributed by atoms with Crippen molar-refractivity contribution in [3.05, 3.63) is 40.4 Å². The highest BCUT2D eigenvalue weighted by Gasteiger charge is 2.28. The van der Waals surface area contributed by atoms with Crippen molar-refractivity contribution >= 4 is 29.3 Å². The first-order chi connectivity index (χ1) is 7.58. The number of esters is 1. The maximum Gasteiger partial charge on any atom is 0.335 e. The standard InChI is InChI=1S/C12H11ClO2S/c1-7-8(2)12(15-11(7)14)16-10-5-3-9(13)4-6-10/h3-6,12H,1-2H3.